The number of carbonyl (C=O) groups excluding carboxylic acids is 2. The Bertz CT molecular complexity index is 502. The number of hydrogen-bond acceptors (Lipinski definition) is 3. The van der Waals surface area contributed by atoms with Gasteiger partial charge in [0.25, 0.3) is 0 Å². The van der Waals surface area contributed by atoms with Gasteiger partial charge in [0.2, 0.25) is 11.8 Å². The maximum absolute atomic E-state index is 12.1. The number of likely N-dealkylation sites (tertiary alicyclic amines) is 1. The third-order valence-corrected chi connectivity index (χ3v) is 3.47. The van der Waals surface area contributed by atoms with Gasteiger partial charge in [-0.2, -0.15) is 0 Å². The fourth-order valence-corrected chi connectivity index (χ4v) is 2.42. The minimum absolute atomic E-state index is 0.0701. The topological polar surface area (TPSA) is 58.6 Å². The first-order chi connectivity index (χ1) is 10.2. The molecule has 1 aliphatic rings. The molecule has 0 unspecified atom stereocenters. The average molecular weight is 290 g/mol. The monoisotopic (exact) mass is 290 g/mol. The molecule has 1 aromatic carbocycles. The minimum Gasteiger partial charge on any atom is -0.492 e. The van der Waals surface area contributed by atoms with Crippen molar-refractivity contribution in [2.45, 2.75) is 32.6 Å². The van der Waals surface area contributed by atoms with E-state index in [4.69, 9.17) is 4.74 Å². The lowest BCUT2D eigenvalue weighted by molar-refractivity contribution is -0.134. The molecular weight excluding hydrogens is 268 g/mol. The lowest BCUT2D eigenvalue weighted by Crippen LogP contribution is -2.37. The van der Waals surface area contributed by atoms with Gasteiger partial charge in [0.05, 0.1) is 18.8 Å². The van der Waals surface area contributed by atoms with Crippen LogP contribution in [-0.4, -0.2) is 36.4 Å². The molecule has 0 radical (unpaired) electrons. The van der Waals surface area contributed by atoms with E-state index in [1.807, 2.05) is 25.1 Å². The van der Waals surface area contributed by atoms with Crippen molar-refractivity contribution in [3.05, 3.63) is 24.3 Å². The molecule has 0 aliphatic carbocycles. The van der Waals surface area contributed by atoms with Crippen molar-refractivity contribution in [2.24, 2.45) is 0 Å². The van der Waals surface area contributed by atoms with Crippen LogP contribution in [0.25, 0.3) is 0 Å². The molecule has 1 saturated heterocycles. The van der Waals surface area contributed by atoms with E-state index >= 15 is 0 Å². The highest BCUT2D eigenvalue weighted by Crippen LogP contribution is 2.23. The SMILES string of the molecule is CCOc1ccccc1NC(=O)CN1CCCCCC1=O. The summed E-state index contributed by atoms with van der Waals surface area (Å²) in [5, 5.41) is 2.83. The van der Waals surface area contributed by atoms with Crippen LogP contribution in [0.4, 0.5) is 5.69 Å². The van der Waals surface area contributed by atoms with E-state index in [1.54, 1.807) is 11.0 Å². The summed E-state index contributed by atoms with van der Waals surface area (Å²) in [5.74, 6) is 0.536. The molecule has 2 amide bonds. The zero-order valence-electron chi connectivity index (χ0n) is 12.4. The first kappa shape index (κ1) is 15.4. The molecular formula is C16H22N2O3. The van der Waals surface area contributed by atoms with Crippen LogP contribution in [0.2, 0.25) is 0 Å². The van der Waals surface area contributed by atoms with Gasteiger partial charge in [0, 0.05) is 13.0 Å². The zero-order valence-corrected chi connectivity index (χ0v) is 12.4. The first-order valence-corrected chi connectivity index (χ1v) is 7.50. The second-order valence-electron chi connectivity index (χ2n) is 5.10. The molecule has 0 atom stereocenters. The zero-order chi connectivity index (χ0) is 15.1. The van der Waals surface area contributed by atoms with Gasteiger partial charge in [-0.05, 0) is 31.9 Å². The van der Waals surface area contributed by atoms with Crippen LogP contribution < -0.4 is 10.1 Å². The molecule has 0 spiro atoms. The molecule has 5 heteroatoms. The fraction of sp³-hybridized carbons (Fsp3) is 0.500. The van der Waals surface area contributed by atoms with Crippen molar-refractivity contribution in [1.29, 1.82) is 0 Å². The number of hydrogen-bond donors (Lipinski definition) is 1. The van der Waals surface area contributed by atoms with E-state index in [2.05, 4.69) is 5.32 Å². The predicted octanol–water partition coefficient (Wildman–Crippen LogP) is 2.43. The highest BCUT2D eigenvalue weighted by molar-refractivity contribution is 5.95. The van der Waals surface area contributed by atoms with E-state index in [0.717, 1.165) is 19.3 Å². The summed E-state index contributed by atoms with van der Waals surface area (Å²) in [6.07, 6.45) is 3.48. The van der Waals surface area contributed by atoms with E-state index < -0.39 is 0 Å². The number of rotatable bonds is 5. The van der Waals surface area contributed by atoms with E-state index in [1.165, 1.54) is 0 Å². The molecule has 0 aromatic heterocycles. The van der Waals surface area contributed by atoms with Gasteiger partial charge in [-0.25, -0.2) is 0 Å². The second kappa shape index (κ2) is 7.67. The largest absolute Gasteiger partial charge is 0.492 e. The highest BCUT2D eigenvalue weighted by Gasteiger charge is 2.19. The van der Waals surface area contributed by atoms with Gasteiger partial charge >= 0.3 is 0 Å². The maximum Gasteiger partial charge on any atom is 0.244 e. The Morgan fingerprint density at radius 1 is 1.29 bits per heavy atom. The van der Waals surface area contributed by atoms with Gasteiger partial charge < -0.3 is 15.0 Å². The van der Waals surface area contributed by atoms with Crippen molar-refractivity contribution in [3.63, 3.8) is 0 Å². The van der Waals surface area contributed by atoms with Crippen LogP contribution in [0.3, 0.4) is 0 Å². The number of ether oxygens (including phenoxy) is 1. The average Bonchev–Trinajstić information content (AvgIpc) is 2.67. The molecule has 114 valence electrons. The van der Waals surface area contributed by atoms with E-state index in [0.29, 0.717) is 31.0 Å². The fourth-order valence-electron chi connectivity index (χ4n) is 2.42. The van der Waals surface area contributed by atoms with E-state index in [-0.39, 0.29) is 18.4 Å². The summed E-state index contributed by atoms with van der Waals surface area (Å²) in [5.41, 5.74) is 0.645. The number of anilines is 1. The quantitative estimate of drug-likeness (QED) is 0.906. The van der Waals surface area contributed by atoms with Crippen molar-refractivity contribution < 1.29 is 14.3 Å². The summed E-state index contributed by atoms with van der Waals surface area (Å²) in [7, 11) is 0. The summed E-state index contributed by atoms with van der Waals surface area (Å²) < 4.78 is 5.47. The van der Waals surface area contributed by atoms with Gasteiger partial charge in [0.15, 0.2) is 0 Å². The molecule has 2 rings (SSSR count). The second-order valence-corrected chi connectivity index (χ2v) is 5.10. The number of amides is 2. The van der Waals surface area contributed by atoms with E-state index in [9.17, 15) is 9.59 Å². The molecule has 1 aliphatic heterocycles. The minimum atomic E-state index is -0.183. The number of nitrogens with zero attached hydrogens (tertiary/aromatic N) is 1. The normalized spacial score (nSPS) is 15.5. The van der Waals surface area contributed by atoms with Crippen molar-refractivity contribution >= 4 is 17.5 Å². The predicted molar refractivity (Wildman–Crippen MR) is 81.3 cm³/mol. The van der Waals surface area contributed by atoms with Gasteiger partial charge in [-0.15, -0.1) is 0 Å². The molecule has 0 saturated carbocycles. The standard InChI is InChI=1S/C16H22N2O3/c1-2-21-14-9-6-5-8-13(14)17-15(19)12-18-11-7-3-4-10-16(18)20/h5-6,8-9H,2-4,7,10-12H2,1H3,(H,17,19). The number of para-hydroxylation sites is 2. The van der Waals surface area contributed by atoms with Crippen LogP contribution in [0.5, 0.6) is 5.75 Å². The Hall–Kier alpha value is -2.04. The van der Waals surface area contributed by atoms with Crippen LogP contribution in [0, 0.1) is 0 Å². The molecule has 21 heavy (non-hydrogen) atoms. The van der Waals surface area contributed by atoms with Crippen LogP contribution in [0.1, 0.15) is 32.6 Å². The van der Waals surface area contributed by atoms with Crippen molar-refractivity contribution in [3.8, 4) is 5.75 Å². The summed E-state index contributed by atoms with van der Waals surface area (Å²) in [6, 6.07) is 7.32. The van der Waals surface area contributed by atoms with Gasteiger partial charge in [0.1, 0.15) is 5.75 Å². The lowest BCUT2D eigenvalue weighted by Gasteiger charge is -2.20. The maximum atomic E-state index is 12.1. The van der Waals surface area contributed by atoms with Crippen molar-refractivity contribution in [2.75, 3.05) is 25.0 Å². The Kier molecular flexibility index (Phi) is 5.60. The number of benzene rings is 1. The van der Waals surface area contributed by atoms with Gasteiger partial charge in [-0.3, -0.25) is 9.59 Å². The Morgan fingerprint density at radius 2 is 2.10 bits per heavy atom. The molecule has 1 N–H and O–H groups in total. The summed E-state index contributed by atoms with van der Waals surface area (Å²) in [6.45, 7) is 3.21. The number of carbonyl (C=O) groups is 2. The van der Waals surface area contributed by atoms with Crippen molar-refractivity contribution in [1.82, 2.24) is 4.90 Å². The number of nitrogens with one attached hydrogen (secondary N) is 1. The first-order valence-electron chi connectivity index (χ1n) is 7.50. The highest BCUT2D eigenvalue weighted by atomic mass is 16.5. The molecule has 0 bridgehead atoms. The Morgan fingerprint density at radius 3 is 2.90 bits per heavy atom. The summed E-state index contributed by atoms with van der Waals surface area (Å²) >= 11 is 0. The van der Waals surface area contributed by atoms with Gasteiger partial charge in [-0.1, -0.05) is 18.6 Å². The smallest absolute Gasteiger partial charge is 0.244 e. The summed E-state index contributed by atoms with van der Waals surface area (Å²) in [4.78, 5) is 25.7. The molecule has 1 aromatic rings. The lowest BCUT2D eigenvalue weighted by atomic mass is 10.2. The Balaban J connectivity index is 1.96. The molecule has 5 nitrogen and oxygen atoms in total. The third kappa shape index (κ3) is 4.48. The molecule has 1 heterocycles. The van der Waals surface area contributed by atoms with Crippen LogP contribution in [-0.2, 0) is 9.59 Å². The van der Waals surface area contributed by atoms with Crippen LogP contribution in [0.15, 0.2) is 24.3 Å². The Labute approximate surface area is 125 Å². The third-order valence-electron chi connectivity index (χ3n) is 3.47. The molecule has 1 fully saturated rings. The van der Waals surface area contributed by atoms with Crippen LogP contribution >= 0.6 is 0 Å².